The molecule has 0 aliphatic carbocycles. The number of aliphatic hydroxyl groups excluding tert-OH is 1. The van der Waals surface area contributed by atoms with Gasteiger partial charge in [0, 0.05) is 43.5 Å². The first-order valence-electron chi connectivity index (χ1n) is 6.09. The number of aliphatic hydroxyl groups is 1. The number of hydrogen-bond donors (Lipinski definition) is 3. The van der Waals surface area contributed by atoms with Gasteiger partial charge in [-0.3, -0.25) is 4.79 Å². The predicted molar refractivity (Wildman–Crippen MR) is 67.5 cm³/mol. The van der Waals surface area contributed by atoms with E-state index in [1.807, 2.05) is 0 Å². The Labute approximate surface area is 110 Å². The van der Waals surface area contributed by atoms with Gasteiger partial charge >= 0.3 is 5.97 Å². The summed E-state index contributed by atoms with van der Waals surface area (Å²) in [5, 5.41) is 21.8. The summed E-state index contributed by atoms with van der Waals surface area (Å²) < 4.78 is 0. The highest BCUT2D eigenvalue weighted by Gasteiger charge is 2.39. The highest BCUT2D eigenvalue weighted by Crippen LogP contribution is 2.20. The van der Waals surface area contributed by atoms with Crippen LogP contribution in [-0.2, 0) is 9.59 Å². The first kappa shape index (κ1) is 13.6. The molecular weight excluding hydrogens is 256 g/mol. The molecule has 0 aromatic carbocycles. The van der Waals surface area contributed by atoms with Gasteiger partial charge in [0.05, 0.1) is 6.10 Å². The fraction of sp³-hybridized carbons (Fsp3) is 0.818. The average molecular weight is 274 g/mol. The van der Waals surface area contributed by atoms with Crippen LogP contribution in [0.5, 0.6) is 0 Å². The molecule has 2 saturated heterocycles. The molecule has 0 aromatic rings. The second-order valence-corrected chi connectivity index (χ2v) is 5.87. The van der Waals surface area contributed by atoms with Crippen molar-refractivity contribution >= 4 is 23.6 Å². The zero-order chi connectivity index (χ0) is 13.1. The lowest BCUT2D eigenvalue weighted by Crippen LogP contribution is -2.46. The third kappa shape index (κ3) is 3.15. The predicted octanol–water partition coefficient (Wildman–Crippen LogP) is -0.872. The minimum Gasteiger partial charge on any atom is -0.480 e. The number of nitrogens with zero attached hydrogens (tertiary/aromatic N) is 1. The van der Waals surface area contributed by atoms with E-state index >= 15 is 0 Å². The van der Waals surface area contributed by atoms with Gasteiger partial charge in [0.2, 0.25) is 5.91 Å². The molecule has 0 bridgehead atoms. The van der Waals surface area contributed by atoms with Gasteiger partial charge in [0.1, 0.15) is 6.04 Å². The van der Waals surface area contributed by atoms with Crippen LogP contribution in [0.4, 0.5) is 0 Å². The van der Waals surface area contributed by atoms with Crippen LogP contribution in [-0.4, -0.2) is 69.8 Å². The zero-order valence-corrected chi connectivity index (χ0v) is 10.9. The standard InChI is InChI=1S/C11H18N2O4S/c14-8-4-9(11(16)17)13(5-8)10(15)3-7-6-18-2-1-12-7/h7-9,12,14H,1-6H2,(H,16,17)/t7?,8-,9-/m0/s1. The van der Waals surface area contributed by atoms with Crippen molar-refractivity contribution in [2.75, 3.05) is 24.6 Å². The molecule has 3 N–H and O–H groups in total. The first-order valence-corrected chi connectivity index (χ1v) is 7.25. The number of carboxylic acid groups (broad SMARTS) is 1. The third-order valence-corrected chi connectivity index (χ3v) is 4.43. The number of hydrogen-bond acceptors (Lipinski definition) is 5. The summed E-state index contributed by atoms with van der Waals surface area (Å²) in [5.41, 5.74) is 0. The van der Waals surface area contributed by atoms with Crippen molar-refractivity contribution in [3.63, 3.8) is 0 Å². The molecule has 1 amide bonds. The Morgan fingerprint density at radius 2 is 2.22 bits per heavy atom. The lowest BCUT2D eigenvalue weighted by molar-refractivity contribution is -0.148. The number of likely N-dealkylation sites (tertiary alicyclic amines) is 1. The maximum Gasteiger partial charge on any atom is 0.326 e. The molecule has 0 aromatic heterocycles. The number of rotatable bonds is 3. The zero-order valence-electron chi connectivity index (χ0n) is 10.0. The van der Waals surface area contributed by atoms with E-state index in [9.17, 15) is 14.7 Å². The Morgan fingerprint density at radius 3 is 2.83 bits per heavy atom. The number of thioether (sulfide) groups is 1. The van der Waals surface area contributed by atoms with Gasteiger partial charge in [0.25, 0.3) is 0 Å². The van der Waals surface area contributed by atoms with Crippen LogP contribution in [0.2, 0.25) is 0 Å². The van der Waals surface area contributed by atoms with Crippen molar-refractivity contribution < 1.29 is 19.8 Å². The van der Waals surface area contributed by atoms with Gasteiger partial charge < -0.3 is 20.4 Å². The van der Waals surface area contributed by atoms with Crippen molar-refractivity contribution in [3.8, 4) is 0 Å². The molecule has 0 radical (unpaired) electrons. The van der Waals surface area contributed by atoms with Gasteiger partial charge in [-0.05, 0) is 0 Å². The Hall–Kier alpha value is -0.790. The Balaban J connectivity index is 1.92. The lowest BCUT2D eigenvalue weighted by atomic mass is 10.1. The molecule has 102 valence electrons. The molecule has 0 saturated carbocycles. The molecule has 2 fully saturated rings. The van der Waals surface area contributed by atoms with Gasteiger partial charge in [-0.15, -0.1) is 0 Å². The second kappa shape index (κ2) is 5.90. The van der Waals surface area contributed by atoms with Crippen LogP contribution >= 0.6 is 11.8 Å². The van der Waals surface area contributed by atoms with E-state index in [1.165, 1.54) is 4.90 Å². The number of amides is 1. The normalized spacial score (nSPS) is 32.5. The fourth-order valence-corrected chi connectivity index (χ4v) is 3.35. The van der Waals surface area contributed by atoms with Crippen LogP contribution in [0.25, 0.3) is 0 Å². The average Bonchev–Trinajstić information content (AvgIpc) is 2.73. The van der Waals surface area contributed by atoms with Crippen molar-refractivity contribution in [2.45, 2.75) is 31.0 Å². The van der Waals surface area contributed by atoms with Crippen LogP contribution in [0.3, 0.4) is 0 Å². The minimum atomic E-state index is -1.04. The summed E-state index contributed by atoms with van der Waals surface area (Å²) in [5.74, 6) is 0.704. The molecule has 6 nitrogen and oxygen atoms in total. The summed E-state index contributed by atoms with van der Waals surface area (Å²) in [6.45, 7) is 1.02. The Kier molecular flexibility index (Phi) is 4.47. The van der Waals surface area contributed by atoms with E-state index in [4.69, 9.17) is 5.11 Å². The Bertz CT molecular complexity index is 333. The van der Waals surface area contributed by atoms with Gasteiger partial charge in [0.15, 0.2) is 0 Å². The minimum absolute atomic E-state index is 0.114. The molecule has 0 spiro atoms. The number of β-amino-alcohol motifs (C(OH)–C–C–N with tert-alkyl or cyclic N) is 1. The van der Waals surface area contributed by atoms with Crippen molar-refractivity contribution in [1.82, 2.24) is 10.2 Å². The maximum absolute atomic E-state index is 12.1. The smallest absolute Gasteiger partial charge is 0.326 e. The van der Waals surface area contributed by atoms with E-state index < -0.39 is 18.1 Å². The molecule has 1 unspecified atom stereocenters. The molecular formula is C11H18N2O4S. The number of carbonyl (C=O) groups excluding carboxylic acids is 1. The first-order chi connectivity index (χ1) is 8.58. The molecule has 2 heterocycles. The van der Waals surface area contributed by atoms with Crippen LogP contribution in [0.1, 0.15) is 12.8 Å². The van der Waals surface area contributed by atoms with E-state index in [-0.39, 0.29) is 24.9 Å². The maximum atomic E-state index is 12.1. The van der Waals surface area contributed by atoms with E-state index in [2.05, 4.69) is 5.32 Å². The summed E-state index contributed by atoms with van der Waals surface area (Å²) in [6.07, 6.45) is -0.277. The fourth-order valence-electron chi connectivity index (χ4n) is 2.40. The van der Waals surface area contributed by atoms with E-state index in [0.717, 1.165) is 18.1 Å². The third-order valence-electron chi connectivity index (χ3n) is 3.30. The highest BCUT2D eigenvalue weighted by molar-refractivity contribution is 7.99. The van der Waals surface area contributed by atoms with E-state index in [0.29, 0.717) is 6.42 Å². The van der Waals surface area contributed by atoms with Crippen LogP contribution in [0, 0.1) is 0 Å². The SMILES string of the molecule is O=C(O)[C@@H]1C[C@H](O)CN1C(=O)CC1CSCCN1. The monoisotopic (exact) mass is 274 g/mol. The summed E-state index contributed by atoms with van der Waals surface area (Å²) in [7, 11) is 0. The summed E-state index contributed by atoms with van der Waals surface area (Å²) in [4.78, 5) is 24.4. The highest BCUT2D eigenvalue weighted by atomic mass is 32.2. The number of aliphatic carboxylic acids is 1. The van der Waals surface area contributed by atoms with Crippen molar-refractivity contribution in [3.05, 3.63) is 0 Å². The van der Waals surface area contributed by atoms with Gasteiger partial charge in [-0.1, -0.05) is 0 Å². The Morgan fingerprint density at radius 1 is 1.44 bits per heavy atom. The molecule has 3 atom stereocenters. The van der Waals surface area contributed by atoms with Crippen molar-refractivity contribution in [1.29, 1.82) is 0 Å². The van der Waals surface area contributed by atoms with Crippen molar-refractivity contribution in [2.24, 2.45) is 0 Å². The topological polar surface area (TPSA) is 89.9 Å². The molecule has 7 heteroatoms. The molecule has 18 heavy (non-hydrogen) atoms. The number of carbonyl (C=O) groups is 2. The second-order valence-electron chi connectivity index (χ2n) is 4.72. The number of carboxylic acids is 1. The summed E-state index contributed by atoms with van der Waals surface area (Å²) >= 11 is 1.80. The summed E-state index contributed by atoms with van der Waals surface area (Å²) in [6, 6.07) is -0.757. The molecule has 2 aliphatic rings. The van der Waals surface area contributed by atoms with Crippen LogP contribution in [0.15, 0.2) is 0 Å². The molecule has 2 aliphatic heterocycles. The van der Waals surface area contributed by atoms with Gasteiger partial charge in [-0.25, -0.2) is 4.79 Å². The number of nitrogens with one attached hydrogen (secondary N) is 1. The largest absolute Gasteiger partial charge is 0.480 e. The van der Waals surface area contributed by atoms with Gasteiger partial charge in [-0.2, -0.15) is 11.8 Å². The quantitative estimate of drug-likeness (QED) is 0.620. The molecule has 2 rings (SSSR count). The lowest BCUT2D eigenvalue weighted by Gasteiger charge is -2.26. The van der Waals surface area contributed by atoms with E-state index in [1.54, 1.807) is 11.8 Å². The van der Waals surface area contributed by atoms with Crippen LogP contribution < -0.4 is 5.32 Å².